The number of hydrogen-bond acceptors (Lipinski definition) is 4. The van der Waals surface area contributed by atoms with Gasteiger partial charge in [-0.05, 0) is 145 Å². The van der Waals surface area contributed by atoms with Crippen molar-refractivity contribution in [1.29, 1.82) is 0 Å². The van der Waals surface area contributed by atoms with Gasteiger partial charge in [0.1, 0.15) is 0 Å². The molecule has 0 atom stereocenters. The first-order valence-electron chi connectivity index (χ1n) is 15.0. The lowest BCUT2D eigenvalue weighted by Crippen LogP contribution is -2.06. The molecule has 0 aliphatic heterocycles. The van der Waals surface area contributed by atoms with Crippen molar-refractivity contribution in [3.8, 4) is 33.4 Å². The van der Waals surface area contributed by atoms with Crippen LogP contribution in [0.2, 0.25) is 0 Å². The molecule has 0 saturated heterocycles. The Hall–Kier alpha value is -4.18. The fourth-order valence-corrected chi connectivity index (χ4v) is 5.92. The number of rotatable bonds is 9. The predicted octanol–water partition coefficient (Wildman–Crippen LogP) is 9.40. The third-order valence-corrected chi connectivity index (χ3v) is 7.80. The average Bonchev–Trinajstić information content (AvgIpc) is 2.96. The minimum atomic E-state index is -0.286. The van der Waals surface area contributed by atoms with Gasteiger partial charge in [0.25, 0.3) is 0 Å². The van der Waals surface area contributed by atoms with Gasteiger partial charge in [-0.25, -0.2) is 9.59 Å². The second kappa shape index (κ2) is 13.2. The van der Waals surface area contributed by atoms with Crippen LogP contribution >= 0.6 is 0 Å². The van der Waals surface area contributed by atoms with Crippen molar-refractivity contribution in [2.24, 2.45) is 0 Å². The number of carbonyl (C=O) groups is 2. The van der Waals surface area contributed by atoms with E-state index in [9.17, 15) is 9.59 Å². The topological polar surface area (TPSA) is 52.6 Å². The first-order chi connectivity index (χ1) is 20.1. The van der Waals surface area contributed by atoms with Crippen molar-refractivity contribution in [3.63, 3.8) is 0 Å². The SMILES string of the molecule is CCOC(=O)c1cc(CC)cc(-c2c(C)cc(-c3cc(C)c(-c4cc(CC)cc(C(=O)OCC)c4)c(C)c3)cc2C)c1. The number of hydrogen-bond donors (Lipinski definition) is 0. The zero-order chi connectivity index (χ0) is 30.6. The lowest BCUT2D eigenvalue weighted by molar-refractivity contribution is 0.0516. The molecule has 218 valence electrons. The maximum Gasteiger partial charge on any atom is 0.338 e. The molecule has 0 radical (unpaired) electrons. The Labute approximate surface area is 250 Å². The molecule has 0 unspecified atom stereocenters. The van der Waals surface area contributed by atoms with Gasteiger partial charge in [-0.1, -0.05) is 50.2 Å². The van der Waals surface area contributed by atoms with E-state index in [0.717, 1.165) is 79.6 Å². The first kappa shape index (κ1) is 30.8. The molecule has 0 aliphatic rings. The summed E-state index contributed by atoms with van der Waals surface area (Å²) in [5, 5.41) is 0. The standard InChI is InChI=1S/C38H42O4/c1-9-27-17-31(21-33(19-27)37(39)41-11-3)35-23(5)13-29(14-24(35)6)30-15-25(7)36(26(8)16-30)32-18-28(10-2)20-34(22-32)38(40)42-12-4/h13-22H,9-12H2,1-8H3. The largest absolute Gasteiger partial charge is 0.462 e. The fraction of sp³-hybridized carbons (Fsp3) is 0.316. The van der Waals surface area contributed by atoms with E-state index in [1.165, 1.54) is 0 Å². The predicted molar refractivity (Wildman–Crippen MR) is 172 cm³/mol. The van der Waals surface area contributed by atoms with Gasteiger partial charge in [0.15, 0.2) is 0 Å². The maximum atomic E-state index is 12.6. The lowest BCUT2D eigenvalue weighted by atomic mass is 9.87. The van der Waals surface area contributed by atoms with Gasteiger partial charge in [-0.2, -0.15) is 0 Å². The van der Waals surface area contributed by atoms with Crippen molar-refractivity contribution >= 4 is 11.9 Å². The van der Waals surface area contributed by atoms with E-state index >= 15 is 0 Å². The van der Waals surface area contributed by atoms with Crippen LogP contribution in [0, 0.1) is 27.7 Å². The molecule has 0 heterocycles. The monoisotopic (exact) mass is 562 g/mol. The Morgan fingerprint density at radius 2 is 0.810 bits per heavy atom. The molecule has 0 spiro atoms. The summed E-state index contributed by atoms with van der Waals surface area (Å²) in [7, 11) is 0. The smallest absolute Gasteiger partial charge is 0.338 e. The van der Waals surface area contributed by atoms with Crippen molar-refractivity contribution in [1.82, 2.24) is 0 Å². The van der Waals surface area contributed by atoms with Crippen LogP contribution in [0.1, 0.15) is 81.8 Å². The van der Waals surface area contributed by atoms with Gasteiger partial charge < -0.3 is 9.47 Å². The van der Waals surface area contributed by atoms with Crippen LogP contribution in [0.5, 0.6) is 0 Å². The summed E-state index contributed by atoms with van der Waals surface area (Å²) in [4.78, 5) is 25.1. The molecule has 4 nitrogen and oxygen atoms in total. The molecule has 0 N–H and O–H groups in total. The van der Waals surface area contributed by atoms with Crippen molar-refractivity contribution in [2.45, 2.75) is 68.2 Å². The quantitative estimate of drug-likeness (QED) is 0.191. The molecular weight excluding hydrogens is 520 g/mol. The fourth-order valence-electron chi connectivity index (χ4n) is 5.92. The van der Waals surface area contributed by atoms with E-state index < -0.39 is 0 Å². The Kier molecular flexibility index (Phi) is 9.67. The van der Waals surface area contributed by atoms with Crippen LogP contribution in [0.4, 0.5) is 0 Å². The summed E-state index contributed by atoms with van der Waals surface area (Å²) < 4.78 is 10.6. The van der Waals surface area contributed by atoms with Gasteiger partial charge in [0.2, 0.25) is 0 Å². The molecule has 4 rings (SSSR count). The number of esters is 2. The van der Waals surface area contributed by atoms with E-state index in [-0.39, 0.29) is 11.9 Å². The molecule has 0 aromatic heterocycles. The summed E-state index contributed by atoms with van der Waals surface area (Å²) in [6.45, 7) is 17.1. The highest BCUT2D eigenvalue weighted by atomic mass is 16.5. The molecule has 4 aromatic rings. The summed E-state index contributed by atoms with van der Waals surface area (Å²) in [5.74, 6) is -0.572. The Balaban J connectivity index is 1.77. The molecule has 0 saturated carbocycles. The second-order valence-electron chi connectivity index (χ2n) is 11.0. The lowest BCUT2D eigenvalue weighted by Gasteiger charge is -2.18. The molecular formula is C38H42O4. The molecule has 0 amide bonds. The number of ether oxygens (including phenoxy) is 2. The summed E-state index contributed by atoms with van der Waals surface area (Å²) in [5.41, 5.74) is 14.7. The highest BCUT2D eigenvalue weighted by Crippen LogP contribution is 2.37. The zero-order valence-electron chi connectivity index (χ0n) is 26.2. The van der Waals surface area contributed by atoms with E-state index in [4.69, 9.17) is 9.47 Å². The summed E-state index contributed by atoms with van der Waals surface area (Å²) in [6.07, 6.45) is 1.67. The Morgan fingerprint density at radius 1 is 0.476 bits per heavy atom. The van der Waals surface area contributed by atoms with E-state index in [2.05, 4.69) is 77.9 Å². The van der Waals surface area contributed by atoms with Crippen LogP contribution in [-0.2, 0) is 22.3 Å². The first-order valence-corrected chi connectivity index (χ1v) is 15.0. The minimum absolute atomic E-state index is 0.286. The van der Waals surface area contributed by atoms with Gasteiger partial charge in [0, 0.05) is 0 Å². The summed E-state index contributed by atoms with van der Waals surface area (Å²) in [6, 6.07) is 21.0. The highest BCUT2D eigenvalue weighted by Gasteiger charge is 2.17. The zero-order valence-corrected chi connectivity index (χ0v) is 26.2. The maximum absolute atomic E-state index is 12.6. The van der Waals surface area contributed by atoms with Crippen LogP contribution in [0.3, 0.4) is 0 Å². The van der Waals surface area contributed by atoms with Crippen molar-refractivity contribution < 1.29 is 19.1 Å². The van der Waals surface area contributed by atoms with E-state index in [0.29, 0.717) is 24.3 Å². The molecule has 42 heavy (non-hydrogen) atoms. The highest BCUT2D eigenvalue weighted by molar-refractivity contribution is 5.93. The van der Waals surface area contributed by atoms with Gasteiger partial charge in [0.05, 0.1) is 24.3 Å². The van der Waals surface area contributed by atoms with Crippen molar-refractivity contribution in [2.75, 3.05) is 13.2 Å². The molecule has 0 bridgehead atoms. The van der Waals surface area contributed by atoms with Crippen LogP contribution < -0.4 is 0 Å². The number of carbonyl (C=O) groups excluding carboxylic acids is 2. The third kappa shape index (κ3) is 6.49. The third-order valence-electron chi connectivity index (χ3n) is 7.80. The number of benzene rings is 4. The average molecular weight is 563 g/mol. The van der Waals surface area contributed by atoms with E-state index in [1.54, 1.807) is 0 Å². The molecule has 4 aromatic carbocycles. The van der Waals surface area contributed by atoms with Crippen LogP contribution in [-0.4, -0.2) is 25.2 Å². The summed E-state index contributed by atoms with van der Waals surface area (Å²) >= 11 is 0. The molecule has 0 aliphatic carbocycles. The second-order valence-corrected chi connectivity index (χ2v) is 11.0. The van der Waals surface area contributed by atoms with Crippen molar-refractivity contribution in [3.05, 3.63) is 105 Å². The van der Waals surface area contributed by atoms with Crippen LogP contribution in [0.15, 0.2) is 60.7 Å². The molecule has 0 fully saturated rings. The van der Waals surface area contributed by atoms with Gasteiger partial charge >= 0.3 is 11.9 Å². The van der Waals surface area contributed by atoms with Gasteiger partial charge in [-0.3, -0.25) is 0 Å². The van der Waals surface area contributed by atoms with Crippen LogP contribution in [0.25, 0.3) is 33.4 Å². The Bertz CT molecular complexity index is 1470. The normalized spacial score (nSPS) is 11.0. The van der Waals surface area contributed by atoms with Gasteiger partial charge in [-0.15, -0.1) is 0 Å². The van der Waals surface area contributed by atoms with E-state index in [1.807, 2.05) is 38.1 Å². The number of aryl methyl sites for hydroxylation is 6. The molecule has 4 heteroatoms. The minimum Gasteiger partial charge on any atom is -0.462 e. The Morgan fingerprint density at radius 3 is 1.10 bits per heavy atom.